The maximum atomic E-state index is 12.1. The Bertz CT molecular complexity index is 842. The van der Waals surface area contributed by atoms with E-state index in [2.05, 4.69) is 10.00 Å². The Morgan fingerprint density at radius 2 is 2.08 bits per heavy atom. The molecule has 6 nitrogen and oxygen atoms in total. The van der Waals surface area contributed by atoms with E-state index in [4.69, 9.17) is 0 Å². The fourth-order valence-electron chi connectivity index (χ4n) is 3.18. The van der Waals surface area contributed by atoms with Crippen molar-refractivity contribution in [3.63, 3.8) is 0 Å². The number of hydrogen-bond donors (Lipinski definition) is 0. The summed E-state index contributed by atoms with van der Waals surface area (Å²) >= 11 is 0. The first-order chi connectivity index (χ1) is 12.0. The van der Waals surface area contributed by atoms with Crippen LogP contribution in [0.15, 0.2) is 35.1 Å². The molecule has 0 saturated carbocycles. The monoisotopic (exact) mass is 340 g/mol. The molecular weight excluding hydrogens is 316 g/mol. The second kappa shape index (κ2) is 7.19. The predicted molar refractivity (Wildman–Crippen MR) is 96.4 cm³/mol. The van der Waals surface area contributed by atoms with Gasteiger partial charge in [0.2, 0.25) is 0 Å². The molecular formula is C19H24N4O2. The third kappa shape index (κ3) is 3.79. The molecule has 1 aliphatic heterocycles. The van der Waals surface area contributed by atoms with Crippen molar-refractivity contribution in [2.24, 2.45) is 0 Å². The number of nitrogens with zero attached hydrogens (tertiary/aromatic N) is 4. The lowest BCUT2D eigenvalue weighted by molar-refractivity contribution is 0.0827. The number of aromatic nitrogens is 2. The molecule has 0 unspecified atom stereocenters. The Morgan fingerprint density at radius 3 is 2.80 bits per heavy atom. The average Bonchev–Trinajstić information content (AvgIpc) is 2.60. The summed E-state index contributed by atoms with van der Waals surface area (Å²) in [6.45, 7) is 4.90. The van der Waals surface area contributed by atoms with Crippen molar-refractivity contribution < 1.29 is 4.79 Å². The van der Waals surface area contributed by atoms with Crippen LogP contribution in [0.1, 0.15) is 34.1 Å². The van der Waals surface area contributed by atoms with Crippen molar-refractivity contribution in [2.45, 2.75) is 33.0 Å². The molecule has 25 heavy (non-hydrogen) atoms. The van der Waals surface area contributed by atoms with E-state index in [1.54, 1.807) is 25.1 Å². The number of hydrogen-bond acceptors (Lipinski definition) is 4. The predicted octanol–water partition coefficient (Wildman–Crippen LogP) is 1.52. The second-order valence-electron chi connectivity index (χ2n) is 6.63. The maximum absolute atomic E-state index is 12.1. The normalized spacial score (nSPS) is 14.2. The fourth-order valence-corrected chi connectivity index (χ4v) is 3.18. The Morgan fingerprint density at radius 1 is 1.28 bits per heavy atom. The van der Waals surface area contributed by atoms with Gasteiger partial charge in [-0.25, -0.2) is 4.68 Å². The summed E-state index contributed by atoms with van der Waals surface area (Å²) in [7, 11) is 3.51. The van der Waals surface area contributed by atoms with Crippen LogP contribution in [0.2, 0.25) is 0 Å². The van der Waals surface area contributed by atoms with Crippen LogP contribution in [0.4, 0.5) is 0 Å². The van der Waals surface area contributed by atoms with Gasteiger partial charge in [0, 0.05) is 58.3 Å². The highest BCUT2D eigenvalue weighted by Crippen LogP contribution is 2.18. The maximum Gasteiger partial charge on any atom is 0.267 e. The molecule has 0 spiro atoms. The van der Waals surface area contributed by atoms with Gasteiger partial charge in [-0.05, 0) is 30.2 Å². The van der Waals surface area contributed by atoms with Crippen LogP contribution in [0.3, 0.4) is 0 Å². The third-order valence-electron chi connectivity index (χ3n) is 4.51. The molecule has 0 atom stereocenters. The topological polar surface area (TPSA) is 58.4 Å². The molecule has 1 aliphatic rings. The van der Waals surface area contributed by atoms with Gasteiger partial charge in [0.25, 0.3) is 11.5 Å². The van der Waals surface area contributed by atoms with Crippen LogP contribution in [-0.2, 0) is 26.1 Å². The van der Waals surface area contributed by atoms with Crippen LogP contribution < -0.4 is 5.56 Å². The number of benzene rings is 1. The zero-order chi connectivity index (χ0) is 18.0. The van der Waals surface area contributed by atoms with E-state index in [1.165, 1.54) is 4.68 Å². The minimum atomic E-state index is -0.0401. The van der Waals surface area contributed by atoms with Gasteiger partial charge in [0.15, 0.2) is 0 Å². The Labute approximate surface area is 147 Å². The van der Waals surface area contributed by atoms with E-state index < -0.39 is 0 Å². The average molecular weight is 340 g/mol. The number of aryl methyl sites for hydroxylation is 1. The van der Waals surface area contributed by atoms with E-state index in [0.717, 1.165) is 36.3 Å². The van der Waals surface area contributed by atoms with Crippen LogP contribution >= 0.6 is 0 Å². The Kier molecular flexibility index (Phi) is 4.99. The van der Waals surface area contributed by atoms with Gasteiger partial charge in [-0.1, -0.05) is 12.1 Å². The van der Waals surface area contributed by atoms with E-state index in [-0.39, 0.29) is 11.5 Å². The lowest BCUT2D eigenvalue weighted by atomic mass is 10.0. The number of amides is 1. The Balaban J connectivity index is 1.75. The minimum Gasteiger partial charge on any atom is -0.345 e. The van der Waals surface area contributed by atoms with E-state index in [9.17, 15) is 9.59 Å². The molecule has 6 heteroatoms. The van der Waals surface area contributed by atoms with Crippen molar-refractivity contribution in [2.75, 3.05) is 20.6 Å². The van der Waals surface area contributed by atoms with Crippen molar-refractivity contribution in [1.29, 1.82) is 0 Å². The zero-order valence-corrected chi connectivity index (χ0v) is 15.0. The number of carbonyl (C=O) groups excluding carboxylic acids is 1. The minimum absolute atomic E-state index is 0.00940. The Hall–Kier alpha value is -2.47. The molecule has 132 valence electrons. The molecule has 2 heterocycles. The molecule has 0 saturated heterocycles. The third-order valence-corrected chi connectivity index (χ3v) is 4.51. The van der Waals surface area contributed by atoms with E-state index in [0.29, 0.717) is 18.7 Å². The van der Waals surface area contributed by atoms with Crippen molar-refractivity contribution >= 4 is 5.91 Å². The van der Waals surface area contributed by atoms with Gasteiger partial charge in [-0.2, -0.15) is 5.10 Å². The number of rotatable bonds is 4. The molecule has 1 aromatic carbocycles. The van der Waals surface area contributed by atoms with Crippen molar-refractivity contribution in [1.82, 2.24) is 19.6 Å². The molecule has 0 bridgehead atoms. The largest absolute Gasteiger partial charge is 0.345 e. The van der Waals surface area contributed by atoms with Crippen LogP contribution in [-0.4, -0.2) is 46.1 Å². The van der Waals surface area contributed by atoms with Crippen LogP contribution in [0.5, 0.6) is 0 Å². The second-order valence-corrected chi connectivity index (χ2v) is 6.63. The summed E-state index contributed by atoms with van der Waals surface area (Å²) in [4.78, 5) is 28.0. The van der Waals surface area contributed by atoms with Crippen molar-refractivity contribution in [3.8, 4) is 0 Å². The number of fused-ring (bicyclic) bond motifs is 1. The summed E-state index contributed by atoms with van der Waals surface area (Å²) in [5.74, 6) is 0.00940. The standard InChI is InChI=1S/C19H24N4O2/c1-4-23-18(24)11-16-13-22(9-8-17(16)20-23)12-14-6-5-7-15(10-14)19(25)21(2)3/h5-7,10-11H,4,8-9,12-13H2,1-3H3. The highest BCUT2D eigenvalue weighted by molar-refractivity contribution is 5.94. The van der Waals surface area contributed by atoms with Gasteiger partial charge in [-0.3, -0.25) is 14.5 Å². The van der Waals surface area contributed by atoms with Crippen LogP contribution in [0, 0.1) is 0 Å². The van der Waals surface area contributed by atoms with Crippen LogP contribution in [0.25, 0.3) is 0 Å². The highest BCUT2D eigenvalue weighted by Gasteiger charge is 2.19. The molecule has 0 radical (unpaired) electrons. The lowest BCUT2D eigenvalue weighted by Gasteiger charge is -2.28. The van der Waals surface area contributed by atoms with Gasteiger partial charge < -0.3 is 4.90 Å². The summed E-state index contributed by atoms with van der Waals surface area (Å²) in [6.07, 6.45) is 0.839. The quantitative estimate of drug-likeness (QED) is 0.847. The molecule has 2 aromatic rings. The smallest absolute Gasteiger partial charge is 0.267 e. The highest BCUT2D eigenvalue weighted by atomic mass is 16.2. The first kappa shape index (κ1) is 17.4. The van der Waals surface area contributed by atoms with E-state index in [1.807, 2.05) is 31.2 Å². The summed E-state index contributed by atoms with van der Waals surface area (Å²) in [5, 5.41) is 4.46. The van der Waals surface area contributed by atoms with Gasteiger partial charge >= 0.3 is 0 Å². The molecule has 1 aromatic heterocycles. The van der Waals surface area contributed by atoms with Gasteiger partial charge in [-0.15, -0.1) is 0 Å². The SMILES string of the molecule is CCn1nc2c(cc1=O)CN(Cc1cccc(C(=O)N(C)C)c1)CC2. The fraction of sp³-hybridized carbons (Fsp3) is 0.421. The lowest BCUT2D eigenvalue weighted by Crippen LogP contribution is -2.34. The summed E-state index contributed by atoms with van der Waals surface area (Å²) in [5.41, 5.74) is 3.80. The first-order valence-electron chi connectivity index (χ1n) is 8.60. The summed E-state index contributed by atoms with van der Waals surface area (Å²) < 4.78 is 1.52. The first-order valence-corrected chi connectivity index (χ1v) is 8.60. The summed E-state index contributed by atoms with van der Waals surface area (Å²) in [6, 6.07) is 9.46. The molecule has 0 N–H and O–H groups in total. The molecule has 1 amide bonds. The van der Waals surface area contributed by atoms with Gasteiger partial charge in [0.1, 0.15) is 0 Å². The molecule has 0 fully saturated rings. The van der Waals surface area contributed by atoms with Crippen molar-refractivity contribution in [3.05, 3.63) is 63.1 Å². The molecule has 3 rings (SSSR count). The molecule has 0 aliphatic carbocycles. The van der Waals surface area contributed by atoms with E-state index >= 15 is 0 Å². The zero-order valence-electron chi connectivity index (χ0n) is 15.0. The van der Waals surface area contributed by atoms with Gasteiger partial charge in [0.05, 0.1) is 5.69 Å². The number of carbonyl (C=O) groups is 1.